The van der Waals surface area contributed by atoms with Crippen molar-refractivity contribution in [3.8, 4) is 0 Å². The summed E-state index contributed by atoms with van der Waals surface area (Å²) >= 11 is 1.84. The first-order valence-corrected chi connectivity index (χ1v) is 9.44. The van der Waals surface area contributed by atoms with Crippen LogP contribution in [0.3, 0.4) is 0 Å². The van der Waals surface area contributed by atoms with E-state index < -0.39 is 29.5 Å². The highest BCUT2D eigenvalue weighted by Gasteiger charge is 2.36. The van der Waals surface area contributed by atoms with Gasteiger partial charge < -0.3 is 5.32 Å². The van der Waals surface area contributed by atoms with E-state index >= 15 is 0 Å². The van der Waals surface area contributed by atoms with Crippen molar-refractivity contribution in [2.24, 2.45) is 0 Å². The second-order valence-electron chi connectivity index (χ2n) is 5.51. The molecule has 138 valence electrons. The largest absolute Gasteiger partial charge is 0.325 e. The minimum absolute atomic E-state index is 0.0441. The second-order valence-corrected chi connectivity index (χ2v) is 7.40. The standard InChI is InChI=1S/C17H14N4O4S2/c1-10-3-2-4-11(7-10)19-14(23)9-21-15(24)12(27-17(21)25)8-13(22)20-16-18-5-6-26-16/h2-8H,9H2,1H3,(H,19,23)(H,18,20,22)/b12-8-. The Balaban J connectivity index is 1.62. The molecule has 2 N–H and O–H groups in total. The highest BCUT2D eigenvalue weighted by atomic mass is 32.2. The number of aromatic nitrogens is 1. The number of aryl methyl sites for hydroxylation is 1. The average molecular weight is 402 g/mol. The Morgan fingerprint density at radius 3 is 2.78 bits per heavy atom. The Hall–Kier alpha value is -2.98. The van der Waals surface area contributed by atoms with E-state index in [2.05, 4.69) is 15.6 Å². The van der Waals surface area contributed by atoms with Crippen LogP contribution in [-0.2, 0) is 14.4 Å². The molecule has 10 heteroatoms. The number of hydrogen-bond acceptors (Lipinski definition) is 7. The lowest BCUT2D eigenvalue weighted by Gasteiger charge is -2.12. The van der Waals surface area contributed by atoms with Crippen molar-refractivity contribution in [1.82, 2.24) is 9.88 Å². The topological polar surface area (TPSA) is 108 Å². The number of carbonyl (C=O) groups is 4. The molecule has 0 radical (unpaired) electrons. The van der Waals surface area contributed by atoms with Crippen LogP contribution in [0.25, 0.3) is 0 Å². The van der Waals surface area contributed by atoms with Crippen LogP contribution in [0.1, 0.15) is 5.56 Å². The van der Waals surface area contributed by atoms with Gasteiger partial charge in [-0.2, -0.15) is 0 Å². The molecule has 0 bridgehead atoms. The number of thiazole rings is 1. The number of anilines is 2. The molecule has 1 aromatic carbocycles. The van der Waals surface area contributed by atoms with Crippen molar-refractivity contribution in [2.45, 2.75) is 6.92 Å². The summed E-state index contributed by atoms with van der Waals surface area (Å²) in [6.07, 6.45) is 2.56. The molecule has 1 saturated heterocycles. The highest BCUT2D eigenvalue weighted by molar-refractivity contribution is 8.18. The number of hydrogen-bond donors (Lipinski definition) is 2. The first-order valence-electron chi connectivity index (χ1n) is 7.75. The van der Waals surface area contributed by atoms with Crippen molar-refractivity contribution < 1.29 is 19.2 Å². The number of imide groups is 1. The normalized spacial score (nSPS) is 15.3. The van der Waals surface area contributed by atoms with Gasteiger partial charge in [-0.25, -0.2) is 4.98 Å². The summed E-state index contributed by atoms with van der Waals surface area (Å²) in [5, 5.41) is 6.60. The third-order valence-electron chi connectivity index (χ3n) is 3.40. The zero-order valence-corrected chi connectivity index (χ0v) is 15.7. The zero-order chi connectivity index (χ0) is 19.4. The van der Waals surface area contributed by atoms with E-state index in [9.17, 15) is 19.2 Å². The van der Waals surface area contributed by atoms with Gasteiger partial charge in [-0.3, -0.25) is 29.4 Å². The van der Waals surface area contributed by atoms with Crippen molar-refractivity contribution in [2.75, 3.05) is 17.2 Å². The van der Waals surface area contributed by atoms with Crippen molar-refractivity contribution >= 4 is 56.9 Å². The van der Waals surface area contributed by atoms with E-state index in [-0.39, 0.29) is 4.91 Å². The molecule has 0 unspecified atom stereocenters. The number of nitrogens with one attached hydrogen (secondary N) is 2. The van der Waals surface area contributed by atoms with Crippen LogP contribution in [0.15, 0.2) is 46.8 Å². The van der Waals surface area contributed by atoms with Crippen LogP contribution in [0.5, 0.6) is 0 Å². The number of amides is 4. The molecule has 8 nitrogen and oxygen atoms in total. The van der Waals surface area contributed by atoms with Crippen LogP contribution in [0, 0.1) is 6.92 Å². The summed E-state index contributed by atoms with van der Waals surface area (Å²) in [7, 11) is 0. The van der Waals surface area contributed by atoms with Crippen LogP contribution in [0.2, 0.25) is 0 Å². The summed E-state index contributed by atoms with van der Waals surface area (Å²) in [6, 6.07) is 7.15. The summed E-state index contributed by atoms with van der Waals surface area (Å²) in [5.41, 5.74) is 1.54. The van der Waals surface area contributed by atoms with E-state index in [1.54, 1.807) is 23.6 Å². The van der Waals surface area contributed by atoms with Gasteiger partial charge in [-0.15, -0.1) is 11.3 Å². The van der Waals surface area contributed by atoms with Crippen LogP contribution < -0.4 is 10.6 Å². The molecule has 1 fully saturated rings. The predicted molar refractivity (Wildman–Crippen MR) is 103 cm³/mol. The minimum atomic E-state index is -0.682. The number of nitrogens with zero attached hydrogens (tertiary/aromatic N) is 2. The monoisotopic (exact) mass is 402 g/mol. The summed E-state index contributed by atoms with van der Waals surface area (Å²) in [5.74, 6) is -1.75. The molecular formula is C17H14N4O4S2. The quantitative estimate of drug-likeness (QED) is 0.744. The van der Waals surface area contributed by atoms with Gasteiger partial charge in [0.1, 0.15) is 6.54 Å². The smallest absolute Gasteiger partial charge is 0.294 e. The Labute approximate surface area is 162 Å². The Bertz CT molecular complexity index is 940. The van der Waals surface area contributed by atoms with Crippen LogP contribution in [0.4, 0.5) is 15.6 Å². The molecule has 27 heavy (non-hydrogen) atoms. The Morgan fingerprint density at radius 1 is 1.26 bits per heavy atom. The van der Waals surface area contributed by atoms with Crippen molar-refractivity contribution in [1.29, 1.82) is 0 Å². The molecule has 4 amide bonds. The summed E-state index contributed by atoms with van der Waals surface area (Å²) < 4.78 is 0. The van der Waals surface area contributed by atoms with E-state index in [1.165, 1.54) is 17.5 Å². The van der Waals surface area contributed by atoms with Crippen molar-refractivity contribution in [3.63, 3.8) is 0 Å². The second kappa shape index (κ2) is 8.14. The van der Waals surface area contributed by atoms with Gasteiger partial charge in [0.2, 0.25) is 5.91 Å². The number of benzene rings is 1. The zero-order valence-electron chi connectivity index (χ0n) is 14.1. The number of carbonyl (C=O) groups excluding carboxylic acids is 4. The third-order valence-corrected chi connectivity index (χ3v) is 5.00. The third kappa shape index (κ3) is 4.80. The molecule has 1 aliphatic heterocycles. The van der Waals surface area contributed by atoms with Gasteiger partial charge in [-0.1, -0.05) is 12.1 Å². The van der Waals surface area contributed by atoms with E-state index in [1.807, 2.05) is 13.0 Å². The fraction of sp³-hybridized carbons (Fsp3) is 0.118. The van der Waals surface area contributed by atoms with Gasteiger partial charge >= 0.3 is 0 Å². The molecule has 1 aromatic heterocycles. The van der Waals surface area contributed by atoms with E-state index in [4.69, 9.17) is 0 Å². The number of thioether (sulfide) groups is 1. The van der Waals surface area contributed by atoms with Crippen LogP contribution in [-0.4, -0.2) is 39.4 Å². The van der Waals surface area contributed by atoms with Gasteiger partial charge in [0.25, 0.3) is 17.1 Å². The lowest BCUT2D eigenvalue weighted by molar-refractivity contribution is -0.127. The summed E-state index contributed by atoms with van der Waals surface area (Å²) in [4.78, 5) is 53.1. The maximum absolute atomic E-state index is 12.3. The van der Waals surface area contributed by atoms with E-state index in [0.29, 0.717) is 22.6 Å². The fourth-order valence-corrected chi connectivity index (χ4v) is 3.59. The highest BCUT2D eigenvalue weighted by Crippen LogP contribution is 2.30. The summed E-state index contributed by atoms with van der Waals surface area (Å²) in [6.45, 7) is 1.46. The average Bonchev–Trinajstić information content (AvgIpc) is 3.19. The van der Waals surface area contributed by atoms with Gasteiger partial charge in [-0.05, 0) is 36.4 Å². The Morgan fingerprint density at radius 2 is 2.07 bits per heavy atom. The maximum atomic E-state index is 12.3. The first kappa shape index (κ1) is 18.8. The predicted octanol–water partition coefficient (Wildman–Crippen LogP) is 2.61. The fourth-order valence-electron chi connectivity index (χ4n) is 2.25. The molecule has 2 aromatic rings. The molecule has 0 aliphatic carbocycles. The molecule has 0 atom stereocenters. The molecular weight excluding hydrogens is 388 g/mol. The lowest BCUT2D eigenvalue weighted by Crippen LogP contribution is -2.36. The minimum Gasteiger partial charge on any atom is -0.325 e. The molecule has 0 saturated carbocycles. The molecule has 3 rings (SSSR count). The van der Waals surface area contributed by atoms with Crippen molar-refractivity contribution in [3.05, 3.63) is 52.4 Å². The van der Waals surface area contributed by atoms with Crippen LogP contribution >= 0.6 is 23.1 Å². The SMILES string of the molecule is Cc1cccc(NC(=O)CN2C(=O)S/C(=C\C(=O)Nc3nccs3)C2=O)c1. The van der Waals surface area contributed by atoms with Gasteiger partial charge in [0.15, 0.2) is 5.13 Å². The lowest BCUT2D eigenvalue weighted by atomic mass is 10.2. The molecule has 2 heterocycles. The molecule has 1 aliphatic rings. The first-order chi connectivity index (χ1) is 12.9. The van der Waals surface area contributed by atoms with Gasteiger partial charge in [0, 0.05) is 23.3 Å². The Kier molecular flexibility index (Phi) is 5.67. The molecule has 0 spiro atoms. The maximum Gasteiger partial charge on any atom is 0.294 e. The number of rotatable bonds is 5. The van der Waals surface area contributed by atoms with Gasteiger partial charge in [0.05, 0.1) is 4.91 Å². The van der Waals surface area contributed by atoms with E-state index in [0.717, 1.165) is 16.5 Å².